The molecule has 0 unspecified atom stereocenters. The summed E-state index contributed by atoms with van der Waals surface area (Å²) in [4.78, 5) is 0. The predicted molar refractivity (Wildman–Crippen MR) is 69.5 cm³/mol. The van der Waals surface area contributed by atoms with Gasteiger partial charge in [-0.05, 0) is 44.7 Å². The summed E-state index contributed by atoms with van der Waals surface area (Å²) < 4.78 is 1.90. The third kappa shape index (κ3) is 1.54. The fraction of sp³-hybridized carbons (Fsp3) is 0.357. The van der Waals surface area contributed by atoms with Crippen molar-refractivity contribution < 1.29 is 0 Å². The van der Waals surface area contributed by atoms with E-state index in [1.807, 2.05) is 4.68 Å². The second-order valence-corrected chi connectivity index (χ2v) is 4.87. The summed E-state index contributed by atoms with van der Waals surface area (Å²) >= 11 is 0. The number of hydrogen-bond acceptors (Lipinski definition) is 2. The fourth-order valence-corrected chi connectivity index (χ4v) is 2.64. The first-order valence-corrected chi connectivity index (χ1v) is 6.10. The highest BCUT2D eigenvalue weighted by molar-refractivity contribution is 5.54. The molecule has 0 saturated carbocycles. The summed E-state index contributed by atoms with van der Waals surface area (Å²) in [5, 5.41) is 4.64. The first-order chi connectivity index (χ1) is 8.16. The van der Waals surface area contributed by atoms with Gasteiger partial charge in [0.15, 0.2) is 0 Å². The Morgan fingerprint density at radius 2 is 2.06 bits per heavy atom. The van der Waals surface area contributed by atoms with Crippen molar-refractivity contribution in [3.8, 4) is 5.69 Å². The Labute approximate surface area is 101 Å². The molecule has 0 radical (unpaired) electrons. The van der Waals surface area contributed by atoms with E-state index >= 15 is 0 Å². The minimum Gasteiger partial charge on any atom is -0.383 e. The van der Waals surface area contributed by atoms with E-state index in [0.717, 1.165) is 24.3 Å². The molecule has 1 heterocycles. The molecule has 1 aromatic heterocycles. The lowest BCUT2D eigenvalue weighted by Crippen LogP contribution is -2.05. The van der Waals surface area contributed by atoms with Crippen LogP contribution in [0.1, 0.15) is 28.8 Å². The van der Waals surface area contributed by atoms with Crippen molar-refractivity contribution in [1.29, 1.82) is 0 Å². The number of hydrogen-bond donors (Lipinski definition) is 1. The number of anilines is 1. The lowest BCUT2D eigenvalue weighted by molar-refractivity contribution is 0.805. The van der Waals surface area contributed by atoms with Crippen LogP contribution in [0.3, 0.4) is 0 Å². The van der Waals surface area contributed by atoms with Crippen molar-refractivity contribution in [2.45, 2.75) is 33.1 Å². The summed E-state index contributed by atoms with van der Waals surface area (Å²) in [5.41, 5.74) is 12.2. The second-order valence-electron chi connectivity index (χ2n) is 4.87. The standard InChI is InChI=1S/C14H17N3/c1-9-6-7-13(10(2)8-9)17-14(15)11-4-3-5-12(11)16-17/h6-8H,3-5,15H2,1-2H3. The molecule has 1 aromatic carbocycles. The quantitative estimate of drug-likeness (QED) is 0.813. The molecule has 0 spiro atoms. The van der Waals surface area contributed by atoms with Crippen LogP contribution in [0, 0.1) is 13.8 Å². The molecule has 3 heteroatoms. The fourth-order valence-electron chi connectivity index (χ4n) is 2.64. The van der Waals surface area contributed by atoms with E-state index in [2.05, 4.69) is 37.1 Å². The van der Waals surface area contributed by atoms with Gasteiger partial charge in [-0.15, -0.1) is 0 Å². The highest BCUT2D eigenvalue weighted by Crippen LogP contribution is 2.29. The zero-order valence-corrected chi connectivity index (χ0v) is 10.3. The molecule has 0 atom stereocenters. The van der Waals surface area contributed by atoms with E-state index in [0.29, 0.717) is 0 Å². The smallest absolute Gasteiger partial charge is 0.130 e. The van der Waals surface area contributed by atoms with Crippen molar-refractivity contribution in [1.82, 2.24) is 9.78 Å². The van der Waals surface area contributed by atoms with Crippen LogP contribution in [0.15, 0.2) is 18.2 Å². The molecule has 88 valence electrons. The van der Waals surface area contributed by atoms with E-state index in [1.54, 1.807) is 0 Å². The Kier molecular flexibility index (Phi) is 2.21. The number of nitrogens with two attached hydrogens (primary N) is 1. The molecule has 0 amide bonds. The van der Waals surface area contributed by atoms with Crippen LogP contribution >= 0.6 is 0 Å². The molecular formula is C14H17N3. The van der Waals surface area contributed by atoms with Crippen LogP contribution < -0.4 is 5.73 Å². The second kappa shape index (κ2) is 3.62. The van der Waals surface area contributed by atoms with Crippen molar-refractivity contribution in [2.24, 2.45) is 0 Å². The largest absolute Gasteiger partial charge is 0.383 e. The number of aryl methyl sites for hydroxylation is 3. The van der Waals surface area contributed by atoms with Gasteiger partial charge in [0.2, 0.25) is 0 Å². The van der Waals surface area contributed by atoms with Gasteiger partial charge >= 0.3 is 0 Å². The highest BCUT2D eigenvalue weighted by atomic mass is 15.3. The molecule has 0 bridgehead atoms. The molecule has 1 aliphatic rings. The topological polar surface area (TPSA) is 43.8 Å². The van der Waals surface area contributed by atoms with E-state index in [1.165, 1.54) is 28.8 Å². The van der Waals surface area contributed by atoms with Gasteiger partial charge in [0.1, 0.15) is 5.82 Å². The van der Waals surface area contributed by atoms with Gasteiger partial charge in [-0.25, -0.2) is 4.68 Å². The number of nitrogen functional groups attached to an aromatic ring is 1. The third-order valence-electron chi connectivity index (χ3n) is 3.53. The maximum Gasteiger partial charge on any atom is 0.130 e. The van der Waals surface area contributed by atoms with E-state index in [4.69, 9.17) is 5.73 Å². The van der Waals surface area contributed by atoms with E-state index in [9.17, 15) is 0 Å². The predicted octanol–water partition coefficient (Wildman–Crippen LogP) is 2.56. The van der Waals surface area contributed by atoms with Gasteiger partial charge in [-0.1, -0.05) is 17.7 Å². The minimum atomic E-state index is 0.824. The summed E-state index contributed by atoms with van der Waals surface area (Å²) in [6.07, 6.45) is 3.33. The first kappa shape index (κ1) is 10.4. The number of nitrogens with zero attached hydrogens (tertiary/aromatic N) is 2. The summed E-state index contributed by atoms with van der Waals surface area (Å²) in [6.45, 7) is 4.21. The Morgan fingerprint density at radius 3 is 2.76 bits per heavy atom. The van der Waals surface area contributed by atoms with Gasteiger partial charge in [0.25, 0.3) is 0 Å². The van der Waals surface area contributed by atoms with Crippen LogP contribution in [0.25, 0.3) is 5.69 Å². The molecule has 2 aromatic rings. The lowest BCUT2D eigenvalue weighted by Gasteiger charge is -2.09. The Bertz CT molecular complexity index is 581. The van der Waals surface area contributed by atoms with Crippen LogP contribution in [0.5, 0.6) is 0 Å². The van der Waals surface area contributed by atoms with E-state index < -0.39 is 0 Å². The van der Waals surface area contributed by atoms with Crippen molar-refractivity contribution >= 4 is 5.82 Å². The average Bonchev–Trinajstić information content (AvgIpc) is 2.83. The number of rotatable bonds is 1. The molecular weight excluding hydrogens is 210 g/mol. The Hall–Kier alpha value is -1.77. The Balaban J connectivity index is 2.16. The van der Waals surface area contributed by atoms with Crippen LogP contribution in [-0.4, -0.2) is 9.78 Å². The van der Waals surface area contributed by atoms with Gasteiger partial charge in [0, 0.05) is 5.56 Å². The van der Waals surface area contributed by atoms with Gasteiger partial charge in [-0.2, -0.15) is 5.10 Å². The molecule has 3 rings (SSSR count). The molecule has 0 aliphatic heterocycles. The third-order valence-corrected chi connectivity index (χ3v) is 3.53. The minimum absolute atomic E-state index is 0.824. The molecule has 1 aliphatic carbocycles. The van der Waals surface area contributed by atoms with Gasteiger partial charge in [0.05, 0.1) is 11.4 Å². The van der Waals surface area contributed by atoms with Crippen LogP contribution in [0.2, 0.25) is 0 Å². The molecule has 2 N–H and O–H groups in total. The summed E-state index contributed by atoms with van der Waals surface area (Å²) in [7, 11) is 0. The maximum atomic E-state index is 6.19. The lowest BCUT2D eigenvalue weighted by atomic mass is 10.1. The van der Waals surface area contributed by atoms with Crippen molar-refractivity contribution in [3.63, 3.8) is 0 Å². The summed E-state index contributed by atoms with van der Waals surface area (Å²) in [5.74, 6) is 0.824. The first-order valence-electron chi connectivity index (χ1n) is 6.10. The average molecular weight is 227 g/mol. The summed E-state index contributed by atoms with van der Waals surface area (Å²) in [6, 6.07) is 6.37. The number of benzene rings is 1. The van der Waals surface area contributed by atoms with Crippen LogP contribution in [0.4, 0.5) is 5.82 Å². The van der Waals surface area contributed by atoms with Gasteiger partial charge in [-0.3, -0.25) is 0 Å². The molecule has 17 heavy (non-hydrogen) atoms. The van der Waals surface area contributed by atoms with Gasteiger partial charge < -0.3 is 5.73 Å². The zero-order chi connectivity index (χ0) is 12.0. The Morgan fingerprint density at radius 1 is 1.24 bits per heavy atom. The number of fused-ring (bicyclic) bond motifs is 1. The SMILES string of the molecule is Cc1ccc(-n2nc3c(c2N)CCC3)c(C)c1. The van der Waals surface area contributed by atoms with Crippen molar-refractivity contribution in [3.05, 3.63) is 40.6 Å². The molecule has 0 saturated heterocycles. The molecule has 3 nitrogen and oxygen atoms in total. The monoisotopic (exact) mass is 227 g/mol. The normalized spacial score (nSPS) is 14.0. The zero-order valence-electron chi connectivity index (χ0n) is 10.3. The van der Waals surface area contributed by atoms with Crippen molar-refractivity contribution in [2.75, 3.05) is 5.73 Å². The molecule has 0 fully saturated rings. The van der Waals surface area contributed by atoms with E-state index in [-0.39, 0.29) is 0 Å². The number of aromatic nitrogens is 2. The highest BCUT2D eigenvalue weighted by Gasteiger charge is 2.21. The van der Waals surface area contributed by atoms with Crippen LogP contribution in [-0.2, 0) is 12.8 Å². The maximum absolute atomic E-state index is 6.19.